The van der Waals surface area contributed by atoms with Gasteiger partial charge in [0.25, 0.3) is 0 Å². The molecule has 6 nitrogen and oxygen atoms in total. The number of piperidine rings is 1. The van der Waals surface area contributed by atoms with Crippen molar-refractivity contribution in [3.8, 4) is 5.75 Å². The third kappa shape index (κ3) is 7.83. The van der Waals surface area contributed by atoms with Crippen molar-refractivity contribution in [1.29, 1.82) is 0 Å². The van der Waals surface area contributed by atoms with E-state index >= 15 is 0 Å². The van der Waals surface area contributed by atoms with Gasteiger partial charge in [0.05, 0.1) is 11.5 Å². The van der Waals surface area contributed by atoms with Gasteiger partial charge in [0, 0.05) is 44.2 Å². The van der Waals surface area contributed by atoms with Gasteiger partial charge >= 0.3 is 0 Å². The van der Waals surface area contributed by atoms with Crippen molar-refractivity contribution in [2.75, 3.05) is 51.9 Å². The summed E-state index contributed by atoms with van der Waals surface area (Å²) in [6.45, 7) is 4.82. The average Bonchev–Trinajstić information content (AvgIpc) is 2.73. The lowest BCUT2D eigenvalue weighted by Crippen LogP contribution is -2.38. The quantitative estimate of drug-likeness (QED) is 0.565. The van der Waals surface area contributed by atoms with Crippen LogP contribution in [0.3, 0.4) is 0 Å². The molecule has 0 aliphatic carbocycles. The summed E-state index contributed by atoms with van der Waals surface area (Å²) in [5.41, 5.74) is 2.29. The van der Waals surface area contributed by atoms with E-state index in [2.05, 4.69) is 53.5 Å². The molecule has 0 atom stereocenters. The first-order valence-corrected chi connectivity index (χ1v) is 12.8. The van der Waals surface area contributed by atoms with E-state index in [-0.39, 0.29) is 0 Å². The van der Waals surface area contributed by atoms with E-state index in [1.165, 1.54) is 11.8 Å². The molecule has 0 bridgehead atoms. The summed E-state index contributed by atoms with van der Waals surface area (Å²) in [6, 6.07) is 15.9. The largest absolute Gasteiger partial charge is 0.494 e. The molecule has 1 aliphatic heterocycles. The van der Waals surface area contributed by atoms with Crippen LogP contribution in [0.2, 0.25) is 0 Å². The molecule has 1 fully saturated rings. The molecule has 7 heteroatoms. The molecule has 0 aromatic heterocycles. The Labute approximate surface area is 187 Å². The van der Waals surface area contributed by atoms with Crippen LogP contribution < -0.4 is 10.1 Å². The van der Waals surface area contributed by atoms with Gasteiger partial charge in [-0.1, -0.05) is 12.1 Å². The van der Waals surface area contributed by atoms with Gasteiger partial charge in [-0.2, -0.15) is 0 Å². The molecule has 1 aliphatic rings. The summed E-state index contributed by atoms with van der Waals surface area (Å²) in [4.78, 5) is 5.01. The van der Waals surface area contributed by atoms with Crippen LogP contribution >= 0.6 is 0 Å². The van der Waals surface area contributed by atoms with E-state index < -0.39 is 9.84 Å². The lowest BCUT2D eigenvalue weighted by Gasteiger charge is -2.33. The van der Waals surface area contributed by atoms with E-state index in [0.717, 1.165) is 63.5 Å². The topological polar surface area (TPSA) is 61.9 Å². The number of rotatable bonds is 10. The van der Waals surface area contributed by atoms with Crippen LogP contribution in [0.4, 0.5) is 5.69 Å². The Kier molecular flexibility index (Phi) is 8.35. The fourth-order valence-electron chi connectivity index (χ4n) is 3.79. The highest BCUT2D eigenvalue weighted by atomic mass is 32.2. The number of hydrogen-bond acceptors (Lipinski definition) is 6. The average molecular weight is 446 g/mol. The molecular weight excluding hydrogens is 410 g/mol. The fourth-order valence-corrected chi connectivity index (χ4v) is 4.42. The maximum absolute atomic E-state index is 11.6. The second kappa shape index (κ2) is 11.0. The minimum Gasteiger partial charge on any atom is -0.494 e. The Hall–Kier alpha value is -2.09. The second-order valence-corrected chi connectivity index (χ2v) is 10.7. The first-order valence-electron chi connectivity index (χ1n) is 10.9. The van der Waals surface area contributed by atoms with Crippen molar-refractivity contribution in [3.63, 3.8) is 0 Å². The van der Waals surface area contributed by atoms with Gasteiger partial charge in [-0.3, -0.25) is 4.90 Å². The van der Waals surface area contributed by atoms with E-state index in [1.54, 1.807) is 12.1 Å². The van der Waals surface area contributed by atoms with Crippen LogP contribution in [-0.2, 0) is 16.4 Å². The van der Waals surface area contributed by atoms with Gasteiger partial charge < -0.3 is 15.0 Å². The Morgan fingerprint density at radius 3 is 2.26 bits per heavy atom. The first kappa shape index (κ1) is 23.6. The lowest BCUT2D eigenvalue weighted by molar-refractivity contribution is 0.211. The number of likely N-dealkylation sites (tertiary alicyclic amines) is 1. The Bertz CT molecular complexity index is 904. The van der Waals surface area contributed by atoms with Crippen molar-refractivity contribution in [2.45, 2.75) is 36.7 Å². The van der Waals surface area contributed by atoms with Crippen LogP contribution in [0.1, 0.15) is 24.8 Å². The van der Waals surface area contributed by atoms with Crippen LogP contribution in [0.25, 0.3) is 0 Å². The van der Waals surface area contributed by atoms with Gasteiger partial charge in [-0.15, -0.1) is 0 Å². The molecule has 1 heterocycles. The molecule has 0 amide bonds. The molecule has 0 spiro atoms. The van der Waals surface area contributed by atoms with Crippen LogP contribution in [-0.4, -0.2) is 70.9 Å². The first-order chi connectivity index (χ1) is 14.8. The third-order valence-electron chi connectivity index (χ3n) is 5.59. The molecule has 0 radical (unpaired) electrons. The summed E-state index contributed by atoms with van der Waals surface area (Å²) in [6.07, 6.45) is 4.40. The van der Waals surface area contributed by atoms with Crippen molar-refractivity contribution in [2.24, 2.45) is 0 Å². The highest BCUT2D eigenvalue weighted by Crippen LogP contribution is 2.21. The van der Waals surface area contributed by atoms with Crippen molar-refractivity contribution in [3.05, 3.63) is 54.1 Å². The highest BCUT2D eigenvalue weighted by Gasteiger charge is 2.19. The molecular formula is C24H35N3O3S. The Morgan fingerprint density at radius 1 is 1.03 bits per heavy atom. The fraction of sp³-hybridized carbons (Fsp3) is 0.500. The minimum atomic E-state index is -3.15. The lowest BCUT2D eigenvalue weighted by atomic mass is 10.0. The Morgan fingerprint density at radius 2 is 1.68 bits per heavy atom. The SMILES string of the molecule is CN(C)CCCOc1ccc(CN2CCC(Nc3ccc(S(C)(=O)=O)cc3)CC2)cc1. The summed E-state index contributed by atoms with van der Waals surface area (Å²) in [7, 11) is 1.00. The zero-order valence-electron chi connectivity index (χ0n) is 18.9. The number of anilines is 1. The molecule has 170 valence electrons. The Balaban J connectivity index is 1.40. The number of benzene rings is 2. The number of hydrogen-bond donors (Lipinski definition) is 1. The maximum Gasteiger partial charge on any atom is 0.175 e. The predicted molar refractivity (Wildman–Crippen MR) is 127 cm³/mol. The molecule has 0 unspecified atom stereocenters. The van der Waals surface area contributed by atoms with Gasteiger partial charge in [-0.25, -0.2) is 8.42 Å². The molecule has 2 aromatic rings. The predicted octanol–water partition coefficient (Wildman–Crippen LogP) is 3.50. The van der Waals surface area contributed by atoms with Crippen LogP contribution in [0.15, 0.2) is 53.4 Å². The van der Waals surface area contributed by atoms with Gasteiger partial charge in [0.2, 0.25) is 0 Å². The number of nitrogens with one attached hydrogen (secondary N) is 1. The molecule has 31 heavy (non-hydrogen) atoms. The monoisotopic (exact) mass is 445 g/mol. The zero-order valence-corrected chi connectivity index (χ0v) is 19.7. The van der Waals surface area contributed by atoms with Gasteiger partial charge in [-0.05, 0) is 75.3 Å². The van der Waals surface area contributed by atoms with Crippen molar-refractivity contribution >= 4 is 15.5 Å². The summed E-state index contributed by atoms with van der Waals surface area (Å²) < 4.78 is 29.0. The van der Waals surface area contributed by atoms with Gasteiger partial charge in [0.15, 0.2) is 9.84 Å². The third-order valence-corrected chi connectivity index (χ3v) is 6.72. The summed E-state index contributed by atoms with van der Waals surface area (Å²) in [5.74, 6) is 0.937. The van der Waals surface area contributed by atoms with Crippen LogP contribution in [0, 0.1) is 0 Å². The number of nitrogens with zero attached hydrogens (tertiary/aromatic N) is 2. The van der Waals surface area contributed by atoms with Crippen LogP contribution in [0.5, 0.6) is 5.75 Å². The van der Waals surface area contributed by atoms with E-state index in [1.807, 2.05) is 12.1 Å². The molecule has 1 N–H and O–H groups in total. The molecule has 1 saturated heterocycles. The van der Waals surface area contributed by atoms with Crippen molar-refractivity contribution in [1.82, 2.24) is 9.80 Å². The molecule has 2 aromatic carbocycles. The number of sulfone groups is 1. The smallest absolute Gasteiger partial charge is 0.175 e. The van der Waals surface area contributed by atoms with Gasteiger partial charge in [0.1, 0.15) is 5.75 Å². The number of ether oxygens (including phenoxy) is 1. The summed E-state index contributed by atoms with van der Waals surface area (Å²) >= 11 is 0. The van der Waals surface area contributed by atoms with E-state index in [0.29, 0.717) is 10.9 Å². The second-order valence-electron chi connectivity index (χ2n) is 8.64. The molecule has 0 saturated carbocycles. The van der Waals surface area contributed by atoms with Crippen molar-refractivity contribution < 1.29 is 13.2 Å². The minimum absolute atomic E-state index is 0.359. The standard InChI is InChI=1S/C24H35N3O3S/c1-26(2)15-4-18-30-23-9-5-20(6-10-23)19-27-16-13-22(14-17-27)25-21-7-11-24(12-8-21)31(3,28)29/h5-12,22,25H,4,13-19H2,1-3H3. The highest BCUT2D eigenvalue weighted by molar-refractivity contribution is 7.90. The normalized spacial score (nSPS) is 15.9. The van der Waals surface area contributed by atoms with E-state index in [9.17, 15) is 8.42 Å². The van der Waals surface area contributed by atoms with E-state index in [4.69, 9.17) is 4.74 Å². The summed E-state index contributed by atoms with van der Waals surface area (Å²) in [5, 5.41) is 3.54. The molecule has 3 rings (SSSR count). The zero-order chi connectivity index (χ0) is 22.3. The maximum atomic E-state index is 11.6.